The normalized spacial score (nSPS) is 13.1. The van der Waals surface area contributed by atoms with E-state index in [1.807, 2.05) is 0 Å². The van der Waals surface area contributed by atoms with Crippen molar-refractivity contribution in [3.63, 3.8) is 0 Å². The molecule has 0 spiro atoms. The molecule has 0 fully saturated rings. The van der Waals surface area contributed by atoms with Crippen molar-refractivity contribution in [1.29, 1.82) is 0 Å². The van der Waals surface area contributed by atoms with E-state index in [0.717, 1.165) is 0 Å². The minimum absolute atomic E-state index is 0.128. The molecule has 2 heterocycles. The fraction of sp³-hybridized carbons (Fsp3) is 0.636. The molecule has 0 amide bonds. The second kappa shape index (κ2) is 14.5. The summed E-state index contributed by atoms with van der Waals surface area (Å²) in [5.74, 6) is 0. The molecule has 13 heteroatoms. The van der Waals surface area contributed by atoms with Crippen LogP contribution in [0.15, 0.2) is 31.6 Å². The Hall–Kier alpha value is -2.84. The lowest BCUT2D eigenvalue weighted by molar-refractivity contribution is -0.0520. The molecule has 2 aromatic rings. The standard InChI is InChI=1S/C22H35N5O8/c1-15-12-26(21(31)24-19(15)29)5-3-17(11-23)35-10-9-33-14-18(34-8-7-28)4-6-27-13-16(2)20(30)25-22(27)32/h12-13,17-18,28H,3-11,14,23H2,1-2H3,(H,24,29,31)(H,25,30,32)/t17-,18?/m0/s1. The Morgan fingerprint density at radius 1 is 0.857 bits per heavy atom. The van der Waals surface area contributed by atoms with Gasteiger partial charge in [-0.05, 0) is 26.7 Å². The van der Waals surface area contributed by atoms with Crippen molar-refractivity contribution in [3.8, 4) is 0 Å². The van der Waals surface area contributed by atoms with Gasteiger partial charge in [-0.3, -0.25) is 19.6 Å². The Kier molecular flexibility index (Phi) is 11.8. The highest BCUT2D eigenvalue weighted by molar-refractivity contribution is 5.01. The van der Waals surface area contributed by atoms with Gasteiger partial charge >= 0.3 is 11.4 Å². The van der Waals surface area contributed by atoms with E-state index in [4.69, 9.17) is 25.1 Å². The molecule has 35 heavy (non-hydrogen) atoms. The van der Waals surface area contributed by atoms with E-state index in [1.54, 1.807) is 13.8 Å². The minimum Gasteiger partial charge on any atom is -0.394 e. The van der Waals surface area contributed by atoms with Gasteiger partial charge < -0.3 is 34.2 Å². The van der Waals surface area contributed by atoms with Crippen LogP contribution in [0.2, 0.25) is 0 Å². The number of aromatic amines is 2. The SMILES string of the molecule is Cc1cn(CCC(COCCO[C@H](CN)CCn2cc(C)c(=O)[nH]c2=O)OCCO)c(=O)[nH]c1=O. The summed E-state index contributed by atoms with van der Waals surface area (Å²) in [5, 5.41) is 9.06. The molecule has 196 valence electrons. The zero-order chi connectivity index (χ0) is 25.8. The first-order valence-electron chi connectivity index (χ1n) is 11.5. The maximum absolute atomic E-state index is 11.9. The van der Waals surface area contributed by atoms with Gasteiger partial charge in [0.1, 0.15) is 0 Å². The Morgan fingerprint density at radius 2 is 1.37 bits per heavy atom. The number of aliphatic hydroxyl groups excluding tert-OH is 1. The monoisotopic (exact) mass is 497 g/mol. The lowest BCUT2D eigenvalue weighted by atomic mass is 10.2. The van der Waals surface area contributed by atoms with Gasteiger partial charge in [-0.2, -0.15) is 0 Å². The molecule has 0 bridgehead atoms. The molecule has 0 aliphatic rings. The minimum atomic E-state index is -0.497. The summed E-state index contributed by atoms with van der Waals surface area (Å²) >= 11 is 0. The maximum Gasteiger partial charge on any atom is 0.328 e. The van der Waals surface area contributed by atoms with E-state index >= 15 is 0 Å². The van der Waals surface area contributed by atoms with Crippen LogP contribution in [-0.4, -0.2) is 76.0 Å². The van der Waals surface area contributed by atoms with Crippen LogP contribution in [0.5, 0.6) is 0 Å². The van der Waals surface area contributed by atoms with Crippen molar-refractivity contribution in [1.82, 2.24) is 19.1 Å². The Morgan fingerprint density at radius 3 is 1.89 bits per heavy atom. The summed E-state index contributed by atoms with van der Waals surface area (Å²) in [4.78, 5) is 51.3. The third-order valence-electron chi connectivity index (χ3n) is 5.35. The lowest BCUT2D eigenvalue weighted by Gasteiger charge is -2.19. The molecule has 13 nitrogen and oxygen atoms in total. The molecule has 0 aliphatic heterocycles. The quantitative estimate of drug-likeness (QED) is 0.195. The number of nitrogens with one attached hydrogen (secondary N) is 2. The van der Waals surface area contributed by atoms with Crippen LogP contribution in [0, 0.1) is 13.8 Å². The number of aryl methyl sites for hydroxylation is 4. The van der Waals surface area contributed by atoms with Crippen molar-refractivity contribution in [2.24, 2.45) is 5.73 Å². The molecule has 2 aromatic heterocycles. The van der Waals surface area contributed by atoms with Crippen molar-refractivity contribution >= 4 is 0 Å². The van der Waals surface area contributed by atoms with Gasteiger partial charge in [-0.15, -0.1) is 0 Å². The van der Waals surface area contributed by atoms with E-state index in [1.165, 1.54) is 21.5 Å². The van der Waals surface area contributed by atoms with Gasteiger partial charge in [-0.25, -0.2) is 9.59 Å². The van der Waals surface area contributed by atoms with Crippen LogP contribution in [0.25, 0.3) is 0 Å². The van der Waals surface area contributed by atoms with E-state index in [2.05, 4.69) is 9.97 Å². The van der Waals surface area contributed by atoms with Gasteiger partial charge in [0.05, 0.1) is 45.2 Å². The number of nitrogens with two attached hydrogens (primary N) is 1. The molecule has 0 saturated carbocycles. The predicted octanol–water partition coefficient (Wildman–Crippen LogP) is -1.78. The molecular formula is C22H35N5O8. The number of H-pyrrole nitrogens is 2. The van der Waals surface area contributed by atoms with Crippen LogP contribution in [-0.2, 0) is 27.3 Å². The van der Waals surface area contributed by atoms with Gasteiger partial charge in [-0.1, -0.05) is 0 Å². The van der Waals surface area contributed by atoms with E-state index in [-0.39, 0.29) is 51.8 Å². The van der Waals surface area contributed by atoms with Gasteiger partial charge in [0.25, 0.3) is 11.1 Å². The topological polar surface area (TPSA) is 184 Å². The highest BCUT2D eigenvalue weighted by atomic mass is 16.6. The van der Waals surface area contributed by atoms with Crippen LogP contribution < -0.4 is 28.2 Å². The Labute approximate surface area is 201 Å². The first-order chi connectivity index (χ1) is 16.7. The number of rotatable bonds is 16. The van der Waals surface area contributed by atoms with Crippen molar-refractivity contribution in [2.45, 2.75) is 52.0 Å². The zero-order valence-corrected chi connectivity index (χ0v) is 20.2. The fourth-order valence-electron chi connectivity index (χ4n) is 3.33. The third kappa shape index (κ3) is 9.38. The van der Waals surface area contributed by atoms with Crippen LogP contribution in [0.3, 0.4) is 0 Å². The molecular weight excluding hydrogens is 462 g/mol. The molecule has 0 radical (unpaired) electrons. The summed E-state index contributed by atoms with van der Waals surface area (Å²) < 4.78 is 19.8. The van der Waals surface area contributed by atoms with Crippen molar-refractivity contribution in [3.05, 3.63) is 65.2 Å². The second-order valence-corrected chi connectivity index (χ2v) is 8.13. The predicted molar refractivity (Wildman–Crippen MR) is 128 cm³/mol. The number of aromatic nitrogens is 4. The van der Waals surface area contributed by atoms with Gasteiger partial charge in [0.15, 0.2) is 0 Å². The highest BCUT2D eigenvalue weighted by Crippen LogP contribution is 2.04. The molecule has 1 unspecified atom stereocenters. The Bertz CT molecular complexity index is 1150. The van der Waals surface area contributed by atoms with E-state index in [9.17, 15) is 19.2 Å². The first kappa shape index (κ1) is 28.4. The molecule has 0 saturated heterocycles. The summed E-state index contributed by atoms with van der Waals surface area (Å²) in [6.07, 6.45) is 3.25. The van der Waals surface area contributed by atoms with Gasteiger partial charge in [0, 0.05) is 43.2 Å². The maximum atomic E-state index is 11.9. The fourth-order valence-corrected chi connectivity index (χ4v) is 3.33. The summed E-state index contributed by atoms with van der Waals surface area (Å²) in [6, 6.07) is 0. The van der Waals surface area contributed by atoms with Crippen LogP contribution >= 0.6 is 0 Å². The second-order valence-electron chi connectivity index (χ2n) is 8.13. The third-order valence-corrected chi connectivity index (χ3v) is 5.35. The van der Waals surface area contributed by atoms with E-state index < -0.39 is 22.5 Å². The highest BCUT2D eigenvalue weighted by Gasteiger charge is 2.13. The van der Waals surface area contributed by atoms with Crippen LogP contribution in [0.1, 0.15) is 24.0 Å². The average molecular weight is 498 g/mol. The first-order valence-corrected chi connectivity index (χ1v) is 11.5. The van der Waals surface area contributed by atoms with E-state index in [0.29, 0.717) is 37.1 Å². The molecule has 0 aliphatic carbocycles. The summed E-state index contributed by atoms with van der Waals surface area (Å²) in [6.45, 7) is 4.90. The number of ether oxygens (including phenoxy) is 3. The molecule has 5 N–H and O–H groups in total. The summed E-state index contributed by atoms with van der Waals surface area (Å²) in [5.41, 5.74) is 4.85. The molecule has 2 atom stereocenters. The Balaban J connectivity index is 1.76. The molecule has 0 aromatic carbocycles. The number of hydrogen-bond acceptors (Lipinski definition) is 9. The zero-order valence-electron chi connectivity index (χ0n) is 20.2. The van der Waals surface area contributed by atoms with Crippen molar-refractivity contribution < 1.29 is 19.3 Å². The number of hydrogen-bond donors (Lipinski definition) is 4. The smallest absolute Gasteiger partial charge is 0.328 e. The number of aliphatic hydroxyl groups is 1. The largest absolute Gasteiger partial charge is 0.394 e. The van der Waals surface area contributed by atoms with Gasteiger partial charge in [0.2, 0.25) is 0 Å². The average Bonchev–Trinajstić information content (AvgIpc) is 2.82. The number of nitrogens with zero attached hydrogens (tertiary/aromatic N) is 2. The lowest BCUT2D eigenvalue weighted by Crippen LogP contribution is -2.33. The van der Waals surface area contributed by atoms with Crippen LogP contribution in [0.4, 0.5) is 0 Å². The van der Waals surface area contributed by atoms with Crippen molar-refractivity contribution in [2.75, 3.05) is 39.6 Å². The molecule has 2 rings (SSSR count). The summed E-state index contributed by atoms with van der Waals surface area (Å²) in [7, 11) is 0.